The molecule has 0 saturated heterocycles. The van der Waals surface area contributed by atoms with Crippen LogP contribution in [0.2, 0.25) is 0 Å². The molecule has 0 heterocycles. The van der Waals surface area contributed by atoms with E-state index in [4.69, 9.17) is 0 Å². The van der Waals surface area contributed by atoms with Crippen LogP contribution in [-0.4, -0.2) is 8.42 Å². The highest BCUT2D eigenvalue weighted by Crippen LogP contribution is 2.31. The van der Waals surface area contributed by atoms with Gasteiger partial charge in [0.25, 0.3) is 0 Å². The first kappa shape index (κ1) is 25.5. The molecule has 0 aliphatic heterocycles. The Morgan fingerprint density at radius 1 is 0.441 bits per heavy atom. The minimum atomic E-state index is -3.37. The molecule has 176 valence electrons. The lowest BCUT2D eigenvalue weighted by Crippen LogP contribution is -2.18. The number of hydrogen-bond donors (Lipinski definition) is 0. The molecule has 4 aromatic rings. The van der Waals surface area contributed by atoms with Gasteiger partial charge in [-0.25, -0.2) is 8.42 Å². The Labute approximate surface area is 205 Å². The summed E-state index contributed by atoms with van der Waals surface area (Å²) >= 11 is 0. The van der Waals surface area contributed by atoms with Gasteiger partial charge in [-0.3, -0.25) is 0 Å². The van der Waals surface area contributed by atoms with Gasteiger partial charge in [0.15, 0.2) is 0 Å². The molecular formula is C31H34O2S. The largest absolute Gasteiger partial charge is 0.219 e. The van der Waals surface area contributed by atoms with E-state index >= 15 is 0 Å². The van der Waals surface area contributed by atoms with E-state index in [1.54, 1.807) is 48.5 Å². The smallest absolute Gasteiger partial charge is 0.206 e. The first-order valence-electron chi connectivity index (χ1n) is 11.5. The van der Waals surface area contributed by atoms with Crippen molar-refractivity contribution in [2.24, 2.45) is 0 Å². The fourth-order valence-electron chi connectivity index (χ4n) is 3.68. The lowest BCUT2D eigenvalue weighted by molar-refractivity contribution is 0.596. The molecule has 0 saturated carbocycles. The summed E-state index contributed by atoms with van der Waals surface area (Å²) in [5.41, 5.74) is 7.53. The van der Waals surface area contributed by atoms with Gasteiger partial charge in [0.2, 0.25) is 9.84 Å². The SMILES string of the molecule is Cc1ccc(C(C)(C)c2ccc(C)cc2)cc1.Cc1ccc(S(=O)(=O)c2ccc(C)cc2)cc1. The summed E-state index contributed by atoms with van der Waals surface area (Å²) in [5, 5.41) is 0. The van der Waals surface area contributed by atoms with Crippen LogP contribution in [0.15, 0.2) is 107 Å². The van der Waals surface area contributed by atoms with Gasteiger partial charge in [0.1, 0.15) is 0 Å². The standard InChI is InChI=1S/C17H20.C14H14O2S/c1-13-5-9-15(10-6-13)17(3,4)16-11-7-14(2)8-12-16;1-11-3-7-13(8-4-11)17(15,16)14-9-5-12(2)6-10-14/h5-12H,1-4H3;3-10H,1-2H3. The number of rotatable bonds is 4. The lowest BCUT2D eigenvalue weighted by Gasteiger charge is -2.26. The molecule has 0 atom stereocenters. The molecule has 34 heavy (non-hydrogen) atoms. The Bertz CT molecular complexity index is 1210. The van der Waals surface area contributed by atoms with E-state index < -0.39 is 9.84 Å². The first-order chi connectivity index (χ1) is 16.0. The minimum Gasteiger partial charge on any atom is -0.219 e. The van der Waals surface area contributed by atoms with Gasteiger partial charge in [-0.15, -0.1) is 0 Å². The predicted octanol–water partition coefficient (Wildman–Crippen LogP) is 7.77. The van der Waals surface area contributed by atoms with Crippen molar-refractivity contribution < 1.29 is 8.42 Å². The summed E-state index contributed by atoms with van der Waals surface area (Å²) in [7, 11) is -3.37. The first-order valence-corrected chi connectivity index (χ1v) is 13.0. The molecule has 3 heteroatoms. The Kier molecular flexibility index (Phi) is 7.78. The van der Waals surface area contributed by atoms with Crippen molar-refractivity contribution in [1.82, 2.24) is 0 Å². The molecule has 0 spiro atoms. The summed E-state index contributed by atoms with van der Waals surface area (Å²) in [6.45, 7) is 12.7. The van der Waals surface area contributed by atoms with Crippen molar-refractivity contribution in [2.45, 2.75) is 56.7 Å². The minimum absolute atomic E-state index is 0.0708. The van der Waals surface area contributed by atoms with Crippen LogP contribution in [0.5, 0.6) is 0 Å². The van der Waals surface area contributed by atoms with Crippen molar-refractivity contribution >= 4 is 9.84 Å². The van der Waals surface area contributed by atoms with Crippen molar-refractivity contribution in [3.8, 4) is 0 Å². The van der Waals surface area contributed by atoms with Crippen LogP contribution in [0, 0.1) is 27.7 Å². The Morgan fingerprint density at radius 2 is 0.676 bits per heavy atom. The molecule has 0 fully saturated rings. The normalized spacial score (nSPS) is 11.5. The summed E-state index contributed by atoms with van der Waals surface area (Å²) < 4.78 is 24.5. The molecule has 2 nitrogen and oxygen atoms in total. The van der Waals surface area contributed by atoms with Crippen LogP contribution < -0.4 is 0 Å². The summed E-state index contributed by atoms with van der Waals surface area (Å²) in [5.74, 6) is 0. The fraction of sp³-hybridized carbons (Fsp3) is 0.226. The fourth-order valence-corrected chi connectivity index (χ4v) is 4.94. The molecule has 0 N–H and O–H groups in total. The van der Waals surface area contributed by atoms with Crippen molar-refractivity contribution in [1.29, 1.82) is 0 Å². The third-order valence-corrected chi connectivity index (χ3v) is 7.99. The van der Waals surface area contributed by atoms with E-state index in [1.807, 2.05) is 13.8 Å². The maximum absolute atomic E-state index is 12.3. The summed E-state index contributed by atoms with van der Waals surface area (Å²) in [6.07, 6.45) is 0. The molecule has 0 aliphatic rings. The highest BCUT2D eigenvalue weighted by molar-refractivity contribution is 7.91. The molecular weight excluding hydrogens is 436 g/mol. The maximum atomic E-state index is 12.3. The second kappa shape index (κ2) is 10.4. The van der Waals surface area contributed by atoms with Crippen molar-refractivity contribution in [3.05, 3.63) is 130 Å². The van der Waals surface area contributed by atoms with Crippen LogP contribution in [-0.2, 0) is 15.3 Å². The van der Waals surface area contributed by atoms with Gasteiger partial charge in [0, 0.05) is 5.41 Å². The zero-order chi connectivity index (χ0) is 24.9. The molecule has 0 amide bonds. The predicted molar refractivity (Wildman–Crippen MR) is 142 cm³/mol. The molecule has 4 rings (SSSR count). The Hall–Kier alpha value is -3.17. The number of benzene rings is 4. The zero-order valence-corrected chi connectivity index (χ0v) is 21.8. The van der Waals surface area contributed by atoms with Gasteiger partial charge in [-0.2, -0.15) is 0 Å². The van der Waals surface area contributed by atoms with Crippen molar-refractivity contribution in [3.63, 3.8) is 0 Å². The summed E-state index contributed by atoms with van der Waals surface area (Å²) in [6, 6.07) is 31.5. The van der Waals surface area contributed by atoms with Gasteiger partial charge in [-0.05, 0) is 63.1 Å². The lowest BCUT2D eigenvalue weighted by atomic mass is 9.78. The van der Waals surface area contributed by atoms with E-state index in [-0.39, 0.29) is 5.41 Å². The number of aryl methyl sites for hydroxylation is 4. The molecule has 0 radical (unpaired) electrons. The van der Waals surface area contributed by atoms with Gasteiger partial charge >= 0.3 is 0 Å². The molecule has 0 aromatic heterocycles. The quantitative estimate of drug-likeness (QED) is 0.305. The van der Waals surface area contributed by atoms with E-state index in [2.05, 4.69) is 76.2 Å². The Morgan fingerprint density at radius 3 is 0.941 bits per heavy atom. The Balaban J connectivity index is 0.000000191. The van der Waals surface area contributed by atoms with Crippen LogP contribution >= 0.6 is 0 Å². The second-order valence-electron chi connectivity index (χ2n) is 9.49. The molecule has 0 unspecified atom stereocenters. The number of hydrogen-bond acceptors (Lipinski definition) is 2. The van der Waals surface area contributed by atoms with Crippen LogP contribution in [0.25, 0.3) is 0 Å². The van der Waals surface area contributed by atoms with Crippen LogP contribution in [0.4, 0.5) is 0 Å². The molecule has 4 aromatic carbocycles. The average molecular weight is 471 g/mol. The third kappa shape index (κ3) is 6.03. The average Bonchev–Trinajstić information content (AvgIpc) is 2.81. The van der Waals surface area contributed by atoms with Gasteiger partial charge in [0.05, 0.1) is 9.79 Å². The highest BCUT2D eigenvalue weighted by atomic mass is 32.2. The van der Waals surface area contributed by atoms with Gasteiger partial charge < -0.3 is 0 Å². The zero-order valence-electron chi connectivity index (χ0n) is 21.0. The second-order valence-corrected chi connectivity index (χ2v) is 11.4. The summed E-state index contributed by atoms with van der Waals surface area (Å²) in [4.78, 5) is 0.680. The third-order valence-electron chi connectivity index (χ3n) is 6.21. The molecule has 0 bridgehead atoms. The highest BCUT2D eigenvalue weighted by Gasteiger charge is 2.22. The van der Waals surface area contributed by atoms with E-state index in [1.165, 1.54) is 22.3 Å². The van der Waals surface area contributed by atoms with E-state index in [0.29, 0.717) is 9.79 Å². The maximum Gasteiger partial charge on any atom is 0.206 e. The van der Waals surface area contributed by atoms with Crippen LogP contribution in [0.1, 0.15) is 47.2 Å². The van der Waals surface area contributed by atoms with E-state index in [9.17, 15) is 8.42 Å². The van der Waals surface area contributed by atoms with Gasteiger partial charge in [-0.1, -0.05) is 109 Å². The number of sulfone groups is 1. The van der Waals surface area contributed by atoms with Crippen LogP contribution in [0.3, 0.4) is 0 Å². The topological polar surface area (TPSA) is 34.1 Å². The van der Waals surface area contributed by atoms with E-state index in [0.717, 1.165) is 11.1 Å². The molecule has 0 aliphatic carbocycles. The monoisotopic (exact) mass is 470 g/mol. The van der Waals surface area contributed by atoms with Crippen molar-refractivity contribution in [2.75, 3.05) is 0 Å².